The topological polar surface area (TPSA) is 162 Å². The van der Waals surface area contributed by atoms with Crippen LogP contribution in [0.3, 0.4) is 0 Å². The summed E-state index contributed by atoms with van der Waals surface area (Å²) in [5, 5.41) is 6.25. The summed E-state index contributed by atoms with van der Waals surface area (Å²) in [4.78, 5) is 0. The summed E-state index contributed by atoms with van der Waals surface area (Å²) in [6.07, 6.45) is 2.96. The minimum Gasteiger partial charge on any atom is -0.330 e. The van der Waals surface area contributed by atoms with Crippen LogP contribution in [0.25, 0.3) is 0 Å². The molecule has 0 aliphatic heterocycles. The molecule has 22 heavy (non-hydrogen) atoms. The molecule has 0 fully saturated rings. The zero-order chi connectivity index (χ0) is 17.1. The van der Waals surface area contributed by atoms with Crippen LogP contribution < -0.4 is 16.4 Å². The van der Waals surface area contributed by atoms with Crippen molar-refractivity contribution in [3.63, 3.8) is 0 Å². The lowest BCUT2D eigenvalue weighted by molar-refractivity contribution is 0.379. The fraction of sp³-hybridized carbons (Fsp3) is 1.00. The SMILES string of the molecule is NCCCNCCCCNCCCN(S(=O)(=O)O)S(=O)(=O)O. The highest BCUT2D eigenvalue weighted by atomic mass is 32.3. The van der Waals surface area contributed by atoms with Gasteiger partial charge < -0.3 is 16.4 Å². The standard InChI is InChI=1S/C10H26N4O6S2/c11-5-3-8-12-6-1-2-7-13-9-4-10-14(21(15,16)17)22(18,19)20/h12-13H,1-11H2,(H,15,16,17)(H,18,19,20). The smallest absolute Gasteiger partial charge is 0.330 e. The van der Waals surface area contributed by atoms with Gasteiger partial charge in [0.25, 0.3) is 0 Å². The Hall–Kier alpha value is -0.340. The van der Waals surface area contributed by atoms with Crippen molar-refractivity contribution in [3.8, 4) is 0 Å². The van der Waals surface area contributed by atoms with Crippen LogP contribution in [0.15, 0.2) is 0 Å². The van der Waals surface area contributed by atoms with Gasteiger partial charge in [-0.25, -0.2) is 0 Å². The van der Waals surface area contributed by atoms with Crippen LogP contribution in [-0.4, -0.2) is 68.9 Å². The number of unbranched alkanes of at least 4 members (excludes halogenated alkanes) is 1. The number of hydrogen-bond donors (Lipinski definition) is 5. The summed E-state index contributed by atoms with van der Waals surface area (Å²) < 4.78 is 60.2. The van der Waals surface area contributed by atoms with E-state index in [4.69, 9.17) is 14.8 Å². The van der Waals surface area contributed by atoms with E-state index in [1.165, 1.54) is 0 Å². The largest absolute Gasteiger partial charge is 0.351 e. The van der Waals surface area contributed by atoms with E-state index in [1.54, 1.807) is 0 Å². The normalized spacial score (nSPS) is 12.9. The predicted molar refractivity (Wildman–Crippen MR) is 83.1 cm³/mol. The van der Waals surface area contributed by atoms with Crippen LogP contribution in [0.5, 0.6) is 0 Å². The Kier molecular flexibility index (Phi) is 11.1. The minimum absolute atomic E-state index is 0.133. The maximum Gasteiger partial charge on any atom is 0.351 e. The van der Waals surface area contributed by atoms with Gasteiger partial charge in [-0.15, -0.1) is 0 Å². The predicted octanol–water partition coefficient (Wildman–Crippen LogP) is -1.41. The molecule has 0 rings (SSSR count). The second-order valence-electron chi connectivity index (χ2n) is 4.65. The molecule has 10 nitrogen and oxygen atoms in total. The van der Waals surface area contributed by atoms with E-state index in [9.17, 15) is 16.8 Å². The number of nitrogens with one attached hydrogen (secondary N) is 2. The Morgan fingerprint density at radius 3 is 1.59 bits per heavy atom. The highest BCUT2D eigenvalue weighted by Crippen LogP contribution is 2.05. The molecule has 0 aromatic rings. The van der Waals surface area contributed by atoms with Gasteiger partial charge in [-0.3, -0.25) is 9.11 Å². The highest BCUT2D eigenvalue weighted by Gasteiger charge is 2.30. The molecule has 0 saturated carbocycles. The lowest BCUT2D eigenvalue weighted by atomic mass is 10.3. The van der Waals surface area contributed by atoms with E-state index in [0.29, 0.717) is 19.6 Å². The van der Waals surface area contributed by atoms with E-state index >= 15 is 0 Å². The average molecular weight is 362 g/mol. The lowest BCUT2D eigenvalue weighted by Crippen LogP contribution is -2.37. The van der Waals surface area contributed by atoms with Crippen LogP contribution in [0.2, 0.25) is 0 Å². The average Bonchev–Trinajstić information content (AvgIpc) is 2.37. The van der Waals surface area contributed by atoms with Gasteiger partial charge in [-0.05, 0) is 62.1 Å². The molecular weight excluding hydrogens is 336 g/mol. The Balaban J connectivity index is 3.68. The Labute approximate surface area is 132 Å². The van der Waals surface area contributed by atoms with Crippen LogP contribution >= 0.6 is 0 Å². The van der Waals surface area contributed by atoms with Crippen molar-refractivity contribution in [2.24, 2.45) is 5.73 Å². The number of rotatable bonds is 14. The molecule has 0 aromatic carbocycles. The molecule has 134 valence electrons. The van der Waals surface area contributed by atoms with Crippen molar-refractivity contribution >= 4 is 20.6 Å². The second-order valence-corrected chi connectivity index (χ2v) is 7.56. The first-order valence-corrected chi connectivity index (χ1v) is 9.83. The van der Waals surface area contributed by atoms with Gasteiger partial charge in [-0.2, -0.15) is 16.8 Å². The van der Waals surface area contributed by atoms with E-state index in [0.717, 1.165) is 32.4 Å². The summed E-state index contributed by atoms with van der Waals surface area (Å²) in [7, 11) is -9.97. The third-order valence-electron chi connectivity index (χ3n) is 2.72. The maximum atomic E-state index is 10.8. The number of nitrogens with zero attached hydrogens (tertiary/aromatic N) is 1. The summed E-state index contributed by atoms with van der Waals surface area (Å²) in [6, 6.07) is 0. The summed E-state index contributed by atoms with van der Waals surface area (Å²) >= 11 is 0. The van der Waals surface area contributed by atoms with Crippen LogP contribution in [0.1, 0.15) is 25.7 Å². The van der Waals surface area contributed by atoms with Crippen LogP contribution in [-0.2, 0) is 20.6 Å². The van der Waals surface area contributed by atoms with Crippen molar-refractivity contribution in [3.05, 3.63) is 0 Å². The van der Waals surface area contributed by atoms with E-state index < -0.39 is 27.2 Å². The lowest BCUT2D eigenvalue weighted by Gasteiger charge is -2.14. The summed E-state index contributed by atoms with van der Waals surface area (Å²) in [5.41, 5.74) is 5.35. The molecule has 0 heterocycles. The van der Waals surface area contributed by atoms with Gasteiger partial charge in [0.2, 0.25) is 0 Å². The van der Waals surface area contributed by atoms with Gasteiger partial charge >= 0.3 is 20.6 Å². The zero-order valence-electron chi connectivity index (χ0n) is 12.4. The summed E-state index contributed by atoms with van der Waals surface area (Å²) in [6.45, 7) is 2.99. The summed E-state index contributed by atoms with van der Waals surface area (Å²) in [5.74, 6) is 0. The molecule has 0 aliphatic rings. The second kappa shape index (κ2) is 11.2. The maximum absolute atomic E-state index is 10.8. The molecule has 0 bridgehead atoms. The van der Waals surface area contributed by atoms with Crippen molar-refractivity contribution in [2.75, 3.05) is 39.3 Å². The van der Waals surface area contributed by atoms with Crippen molar-refractivity contribution in [1.82, 2.24) is 14.3 Å². The fourth-order valence-electron chi connectivity index (χ4n) is 1.66. The van der Waals surface area contributed by atoms with Crippen LogP contribution in [0, 0.1) is 0 Å². The molecule has 0 atom stereocenters. The first-order valence-electron chi connectivity index (χ1n) is 7.04. The van der Waals surface area contributed by atoms with Crippen molar-refractivity contribution in [2.45, 2.75) is 25.7 Å². The molecule has 6 N–H and O–H groups in total. The van der Waals surface area contributed by atoms with Crippen molar-refractivity contribution < 1.29 is 25.9 Å². The Morgan fingerprint density at radius 1 is 0.773 bits per heavy atom. The molecule has 12 heteroatoms. The van der Waals surface area contributed by atoms with Gasteiger partial charge in [0.05, 0.1) is 0 Å². The monoisotopic (exact) mass is 362 g/mol. The Morgan fingerprint density at radius 2 is 1.18 bits per heavy atom. The van der Waals surface area contributed by atoms with Crippen LogP contribution in [0.4, 0.5) is 0 Å². The van der Waals surface area contributed by atoms with Gasteiger partial charge in [0.1, 0.15) is 0 Å². The molecule has 0 radical (unpaired) electrons. The van der Waals surface area contributed by atoms with E-state index in [1.807, 2.05) is 0 Å². The zero-order valence-corrected chi connectivity index (χ0v) is 14.1. The molecule has 0 spiro atoms. The van der Waals surface area contributed by atoms with Crippen molar-refractivity contribution in [1.29, 1.82) is 0 Å². The molecule has 0 aromatic heterocycles. The molecule has 0 amide bonds. The third kappa shape index (κ3) is 11.3. The first kappa shape index (κ1) is 21.7. The third-order valence-corrected chi connectivity index (χ3v) is 5.25. The quantitative estimate of drug-likeness (QED) is 0.185. The van der Waals surface area contributed by atoms with Gasteiger partial charge in [-0.1, -0.05) is 0 Å². The first-order chi connectivity index (χ1) is 10.2. The van der Waals surface area contributed by atoms with Gasteiger partial charge in [0, 0.05) is 6.54 Å². The molecule has 0 aliphatic carbocycles. The van der Waals surface area contributed by atoms with E-state index in [2.05, 4.69) is 10.6 Å². The Bertz CT molecular complexity index is 450. The highest BCUT2D eigenvalue weighted by molar-refractivity contribution is 7.98. The molecule has 0 saturated heterocycles. The minimum atomic E-state index is -4.98. The van der Waals surface area contributed by atoms with E-state index in [-0.39, 0.29) is 10.1 Å². The van der Waals surface area contributed by atoms with Gasteiger partial charge in [0.15, 0.2) is 0 Å². The number of nitrogens with two attached hydrogens (primary N) is 1. The number of hydrogen-bond acceptors (Lipinski definition) is 7. The molecular formula is C10H26N4O6S2. The fourth-order valence-corrected chi connectivity index (χ4v) is 3.33. The molecule has 0 unspecified atom stereocenters.